The number of amides is 6. The number of carbonyl (C=O) groups is 6. The van der Waals surface area contributed by atoms with Crippen molar-refractivity contribution in [1.82, 2.24) is 36.9 Å². The number of aromatic amines is 1. The van der Waals surface area contributed by atoms with Crippen LogP contribution in [0.1, 0.15) is 87.8 Å². The second-order valence-corrected chi connectivity index (χ2v) is 16.1. The van der Waals surface area contributed by atoms with Crippen molar-refractivity contribution >= 4 is 52.3 Å². The summed E-state index contributed by atoms with van der Waals surface area (Å²) in [4.78, 5) is 85.4. The van der Waals surface area contributed by atoms with Gasteiger partial charge in [-0.15, -0.1) is 0 Å². The first-order valence-corrected chi connectivity index (χ1v) is 21.3. The monoisotopic (exact) mass is 848 g/mol. The third kappa shape index (κ3) is 12.9. The molecule has 1 aliphatic rings. The number of rotatable bonds is 21. The molecule has 6 amide bonds. The maximum Gasteiger partial charge on any atom is 0.246 e. The van der Waals surface area contributed by atoms with Gasteiger partial charge in [0.05, 0.1) is 0 Å². The van der Waals surface area contributed by atoms with Gasteiger partial charge in [-0.05, 0) is 80.5 Å². The highest BCUT2D eigenvalue weighted by Gasteiger charge is 2.44. The highest BCUT2D eigenvalue weighted by molar-refractivity contribution is 5.98. The minimum atomic E-state index is -1.27. The van der Waals surface area contributed by atoms with E-state index in [1.165, 1.54) is 6.92 Å². The van der Waals surface area contributed by atoms with E-state index in [2.05, 4.69) is 49.0 Å². The Balaban J connectivity index is 1.41. The van der Waals surface area contributed by atoms with Gasteiger partial charge >= 0.3 is 0 Å². The molecule has 1 saturated carbocycles. The second-order valence-electron chi connectivity index (χ2n) is 16.1. The van der Waals surface area contributed by atoms with E-state index in [4.69, 9.17) is 16.9 Å². The van der Waals surface area contributed by atoms with Crippen molar-refractivity contribution in [2.45, 2.75) is 114 Å². The highest BCUT2D eigenvalue weighted by atomic mass is 16.2. The van der Waals surface area contributed by atoms with Crippen LogP contribution < -0.4 is 43.4 Å². The number of carbonyl (C=O) groups excluding carboxylic acids is 6. The fourth-order valence-electron chi connectivity index (χ4n) is 7.95. The van der Waals surface area contributed by atoms with Crippen molar-refractivity contribution < 1.29 is 28.8 Å². The van der Waals surface area contributed by atoms with E-state index in [1.807, 2.05) is 79.7 Å². The molecule has 330 valence electrons. The number of para-hydroxylation sites is 1. The number of aromatic nitrogens is 1. The Morgan fingerprint density at radius 1 is 0.774 bits per heavy atom. The van der Waals surface area contributed by atoms with E-state index >= 15 is 0 Å². The van der Waals surface area contributed by atoms with Crippen LogP contribution in [0.5, 0.6) is 0 Å². The average Bonchev–Trinajstić information content (AvgIpc) is 3.67. The van der Waals surface area contributed by atoms with E-state index in [-0.39, 0.29) is 56.4 Å². The molecular formula is C46H60N10O6. The molecule has 1 aliphatic carbocycles. The minimum Gasteiger partial charge on any atom is -0.370 e. The van der Waals surface area contributed by atoms with Gasteiger partial charge in [-0.1, -0.05) is 85.8 Å². The first kappa shape index (κ1) is 46.4. The van der Waals surface area contributed by atoms with E-state index in [9.17, 15) is 28.8 Å². The number of guanidine groups is 1. The van der Waals surface area contributed by atoms with Crippen LogP contribution in [-0.2, 0) is 41.6 Å². The predicted octanol–water partition coefficient (Wildman–Crippen LogP) is 2.67. The quantitative estimate of drug-likeness (QED) is 0.0338. The lowest BCUT2D eigenvalue weighted by molar-refractivity contribution is -0.138. The second kappa shape index (κ2) is 22.2. The first-order valence-electron chi connectivity index (χ1n) is 21.3. The van der Waals surface area contributed by atoms with E-state index in [0.29, 0.717) is 32.1 Å². The molecule has 0 saturated heterocycles. The maximum absolute atomic E-state index is 14.6. The van der Waals surface area contributed by atoms with Crippen LogP contribution in [0.15, 0.2) is 91.1 Å². The average molecular weight is 849 g/mol. The summed E-state index contributed by atoms with van der Waals surface area (Å²) < 4.78 is 0. The lowest BCUT2D eigenvalue weighted by Crippen LogP contribution is -2.64. The van der Waals surface area contributed by atoms with Crippen LogP contribution in [0.25, 0.3) is 10.9 Å². The van der Waals surface area contributed by atoms with Crippen molar-refractivity contribution in [2.75, 3.05) is 6.54 Å². The molecule has 62 heavy (non-hydrogen) atoms. The van der Waals surface area contributed by atoms with Gasteiger partial charge in [0.25, 0.3) is 0 Å². The SMILES string of the molecule is CCCC(=O)N[C@]1(C(=O)N[C@H](Cc2ccccc2)C(=O)N[C@@H](CCCNC(=N)N)C(=O)N[C@@H](Cc2c[nH]c3ccccc23)C(=O)N[C@@H](C)C(N)=O)CC[C@H](c2ccccc2)CC1. The molecule has 3 aromatic carbocycles. The predicted molar refractivity (Wildman–Crippen MR) is 237 cm³/mol. The van der Waals surface area contributed by atoms with Gasteiger partial charge in [-0.2, -0.15) is 0 Å². The molecule has 16 heteroatoms. The standard InChI is InChI=1S/C46H60N10O6/c1-3-13-39(57)56-46(23-21-32(22-24-46)31-16-8-5-9-17-31)44(62)55-37(26-30-14-6-4-7-15-30)43(61)53-36(20-12-25-50-45(48)49)41(59)54-38(42(60)52-29(2)40(47)58)27-33-28-51-35-19-11-10-18-34(33)35/h4-11,14-19,28-29,32,36-38,51H,3,12-13,20-27H2,1-2H3,(H2,47,58)(H,52,60)(H,53,61)(H,54,59)(H,55,62)(H,56,57)(H4,48,49,50)/t29-,32-,36-,37+,38-,46+/m0/s1. The fourth-order valence-corrected chi connectivity index (χ4v) is 7.95. The number of hydrogen-bond acceptors (Lipinski definition) is 7. The molecule has 1 heterocycles. The van der Waals surface area contributed by atoms with Crippen LogP contribution in [0.3, 0.4) is 0 Å². The summed E-state index contributed by atoms with van der Waals surface area (Å²) in [5, 5.41) is 25.4. The topological polar surface area (TPSA) is 266 Å². The molecule has 0 aliphatic heterocycles. The molecule has 0 spiro atoms. The van der Waals surface area contributed by atoms with Crippen LogP contribution in [0.4, 0.5) is 0 Å². The molecular weight excluding hydrogens is 789 g/mol. The molecule has 0 bridgehead atoms. The summed E-state index contributed by atoms with van der Waals surface area (Å²) in [7, 11) is 0. The summed E-state index contributed by atoms with van der Waals surface area (Å²) in [6, 6.07) is 22.0. The van der Waals surface area contributed by atoms with Crippen LogP contribution in [-0.4, -0.2) is 82.6 Å². The summed E-state index contributed by atoms with van der Waals surface area (Å²) in [6.07, 6.45) is 5.00. The number of nitrogens with two attached hydrogens (primary N) is 2. The first-order chi connectivity index (χ1) is 29.8. The normalized spacial score (nSPS) is 17.9. The summed E-state index contributed by atoms with van der Waals surface area (Å²) in [6.45, 7) is 3.53. The van der Waals surface area contributed by atoms with Crippen LogP contribution in [0, 0.1) is 5.41 Å². The Morgan fingerprint density at radius 2 is 1.37 bits per heavy atom. The van der Waals surface area contributed by atoms with Crippen LogP contribution in [0.2, 0.25) is 0 Å². The minimum absolute atomic E-state index is 0.0310. The maximum atomic E-state index is 14.6. The smallest absolute Gasteiger partial charge is 0.246 e. The zero-order valence-electron chi connectivity index (χ0n) is 35.4. The Hall–Kier alpha value is -6.71. The van der Waals surface area contributed by atoms with Crippen LogP contribution >= 0.6 is 0 Å². The lowest BCUT2D eigenvalue weighted by atomic mass is 9.73. The Labute approximate surface area is 362 Å². The van der Waals surface area contributed by atoms with Gasteiger partial charge < -0.3 is 48.4 Å². The molecule has 16 nitrogen and oxygen atoms in total. The van der Waals surface area contributed by atoms with Gasteiger partial charge in [0.1, 0.15) is 29.7 Å². The largest absolute Gasteiger partial charge is 0.370 e. The summed E-state index contributed by atoms with van der Waals surface area (Å²) >= 11 is 0. The molecule has 4 atom stereocenters. The number of nitrogens with one attached hydrogen (secondary N) is 8. The molecule has 12 N–H and O–H groups in total. The number of fused-ring (bicyclic) bond motifs is 1. The molecule has 5 rings (SSSR count). The lowest BCUT2D eigenvalue weighted by Gasteiger charge is -2.40. The summed E-state index contributed by atoms with van der Waals surface area (Å²) in [5.74, 6) is -3.59. The van der Waals surface area contributed by atoms with Crippen molar-refractivity contribution in [1.29, 1.82) is 5.41 Å². The zero-order valence-corrected chi connectivity index (χ0v) is 35.4. The van der Waals surface area contributed by atoms with Gasteiger partial charge in [0.2, 0.25) is 35.4 Å². The molecule has 1 fully saturated rings. The number of benzene rings is 3. The molecule has 4 aromatic rings. The van der Waals surface area contributed by atoms with Gasteiger partial charge in [0.15, 0.2) is 5.96 Å². The van der Waals surface area contributed by atoms with Crippen molar-refractivity contribution in [3.05, 3.63) is 108 Å². The Morgan fingerprint density at radius 3 is 2.03 bits per heavy atom. The van der Waals surface area contributed by atoms with Crippen molar-refractivity contribution in [3.63, 3.8) is 0 Å². The third-order valence-corrected chi connectivity index (χ3v) is 11.4. The number of hydrogen-bond donors (Lipinski definition) is 10. The van der Waals surface area contributed by atoms with E-state index in [0.717, 1.165) is 27.6 Å². The van der Waals surface area contributed by atoms with Crippen molar-refractivity contribution in [3.8, 4) is 0 Å². The van der Waals surface area contributed by atoms with Gasteiger partial charge in [-0.3, -0.25) is 34.2 Å². The molecule has 0 radical (unpaired) electrons. The highest BCUT2D eigenvalue weighted by Crippen LogP contribution is 2.38. The van der Waals surface area contributed by atoms with E-state index < -0.39 is 59.2 Å². The number of primary amides is 1. The Bertz CT molecular complexity index is 2170. The number of H-pyrrole nitrogens is 1. The zero-order chi connectivity index (χ0) is 44.6. The molecule has 1 aromatic heterocycles. The fraction of sp³-hybridized carbons (Fsp3) is 0.413. The van der Waals surface area contributed by atoms with E-state index in [1.54, 1.807) is 6.20 Å². The van der Waals surface area contributed by atoms with Gasteiger partial charge in [0, 0.05) is 42.9 Å². The van der Waals surface area contributed by atoms with Gasteiger partial charge in [-0.25, -0.2) is 0 Å². The van der Waals surface area contributed by atoms with Crippen molar-refractivity contribution in [2.24, 2.45) is 11.5 Å². The summed E-state index contributed by atoms with van der Waals surface area (Å²) in [5.41, 5.74) is 13.1. The Kier molecular flexibility index (Phi) is 16.6. The third-order valence-electron chi connectivity index (χ3n) is 11.4. The molecule has 0 unspecified atom stereocenters.